The lowest BCUT2D eigenvalue weighted by molar-refractivity contribution is -0.121. The van der Waals surface area contributed by atoms with Crippen LogP contribution in [0, 0.1) is 11.8 Å². The number of likely N-dealkylation sites (tertiary alicyclic amines) is 1. The number of hydrogen-bond donors (Lipinski definition) is 2. The van der Waals surface area contributed by atoms with Crippen LogP contribution in [-0.2, 0) is 11.2 Å². The monoisotopic (exact) mass is 350 g/mol. The van der Waals surface area contributed by atoms with Gasteiger partial charge in [-0.1, -0.05) is 6.92 Å². The number of nitrogens with one attached hydrogen (secondary N) is 2. The van der Waals surface area contributed by atoms with E-state index in [1.165, 1.54) is 12.8 Å². The van der Waals surface area contributed by atoms with Crippen LogP contribution in [0.2, 0.25) is 0 Å². The number of aryl methyl sites for hydroxylation is 1. The van der Waals surface area contributed by atoms with Gasteiger partial charge in [0, 0.05) is 31.6 Å². The molecule has 2 amide bonds. The number of nitrogens with zero attached hydrogens (tertiary/aromatic N) is 2. The van der Waals surface area contributed by atoms with Crippen LogP contribution in [0.15, 0.2) is 5.38 Å². The summed E-state index contributed by atoms with van der Waals surface area (Å²) >= 11 is 1.56. The Morgan fingerprint density at radius 2 is 2.17 bits per heavy atom. The lowest BCUT2D eigenvalue weighted by Gasteiger charge is -2.18. The second-order valence-corrected chi connectivity index (χ2v) is 7.77. The van der Waals surface area contributed by atoms with Crippen molar-refractivity contribution in [2.75, 3.05) is 26.7 Å². The average molecular weight is 350 g/mol. The number of hydrogen-bond acceptors (Lipinski definition) is 5. The summed E-state index contributed by atoms with van der Waals surface area (Å²) in [7, 11) is 1.66. The summed E-state index contributed by atoms with van der Waals surface area (Å²) in [4.78, 5) is 30.7. The Balaban J connectivity index is 1.61. The number of thiazole rings is 1. The molecule has 2 atom stereocenters. The van der Waals surface area contributed by atoms with Crippen molar-refractivity contribution in [1.82, 2.24) is 20.5 Å². The van der Waals surface area contributed by atoms with E-state index in [0.717, 1.165) is 30.9 Å². The zero-order valence-corrected chi connectivity index (χ0v) is 15.2. The van der Waals surface area contributed by atoms with Crippen LogP contribution in [0.4, 0.5) is 0 Å². The van der Waals surface area contributed by atoms with Crippen LogP contribution in [0.5, 0.6) is 0 Å². The van der Waals surface area contributed by atoms with Gasteiger partial charge in [-0.15, -0.1) is 11.3 Å². The van der Waals surface area contributed by atoms with Crippen molar-refractivity contribution in [3.8, 4) is 0 Å². The molecule has 24 heavy (non-hydrogen) atoms. The van der Waals surface area contributed by atoms with Gasteiger partial charge in [0.1, 0.15) is 5.69 Å². The second kappa shape index (κ2) is 7.61. The van der Waals surface area contributed by atoms with Gasteiger partial charge in [-0.3, -0.25) is 14.5 Å². The van der Waals surface area contributed by atoms with Crippen LogP contribution < -0.4 is 10.6 Å². The van der Waals surface area contributed by atoms with Crippen molar-refractivity contribution in [3.05, 3.63) is 16.1 Å². The lowest BCUT2D eigenvalue weighted by atomic mass is 9.98. The van der Waals surface area contributed by atoms with E-state index in [0.29, 0.717) is 24.1 Å². The van der Waals surface area contributed by atoms with E-state index >= 15 is 0 Å². The summed E-state index contributed by atoms with van der Waals surface area (Å²) in [5, 5.41) is 8.72. The summed E-state index contributed by atoms with van der Waals surface area (Å²) in [5.74, 6) is 1.09. The molecule has 3 rings (SSSR count). The molecule has 1 saturated heterocycles. The number of carbonyl (C=O) groups is 2. The summed E-state index contributed by atoms with van der Waals surface area (Å²) in [6.45, 7) is 4.15. The van der Waals surface area contributed by atoms with E-state index in [1.807, 2.05) is 5.38 Å². The minimum absolute atomic E-state index is 0.0280. The van der Waals surface area contributed by atoms with Gasteiger partial charge in [-0.2, -0.15) is 0 Å². The van der Waals surface area contributed by atoms with Gasteiger partial charge in [0.25, 0.3) is 5.91 Å². The predicted octanol–water partition coefficient (Wildman–Crippen LogP) is 1.28. The van der Waals surface area contributed by atoms with Gasteiger partial charge in [0.2, 0.25) is 5.91 Å². The molecule has 2 N–H and O–H groups in total. The highest BCUT2D eigenvalue weighted by molar-refractivity contribution is 7.09. The maximum Gasteiger partial charge on any atom is 0.271 e. The minimum Gasteiger partial charge on any atom is -0.358 e. The Morgan fingerprint density at radius 1 is 1.38 bits per heavy atom. The van der Waals surface area contributed by atoms with Gasteiger partial charge in [-0.05, 0) is 37.5 Å². The zero-order chi connectivity index (χ0) is 17.1. The van der Waals surface area contributed by atoms with E-state index < -0.39 is 0 Å². The number of carbonyl (C=O) groups excluding carboxylic acids is 2. The third-order valence-corrected chi connectivity index (χ3v) is 5.79. The molecule has 1 saturated carbocycles. The molecule has 1 aromatic heterocycles. The second-order valence-electron chi connectivity index (χ2n) is 6.82. The molecule has 1 aliphatic heterocycles. The van der Waals surface area contributed by atoms with Crippen molar-refractivity contribution < 1.29 is 9.59 Å². The molecule has 2 aliphatic rings. The van der Waals surface area contributed by atoms with E-state index in [-0.39, 0.29) is 17.9 Å². The van der Waals surface area contributed by atoms with Crippen molar-refractivity contribution >= 4 is 23.2 Å². The Kier molecular flexibility index (Phi) is 5.50. The van der Waals surface area contributed by atoms with E-state index in [9.17, 15) is 9.59 Å². The molecule has 2 heterocycles. The fraction of sp³-hybridized carbons (Fsp3) is 0.706. The van der Waals surface area contributed by atoms with E-state index in [1.54, 1.807) is 18.4 Å². The van der Waals surface area contributed by atoms with Gasteiger partial charge in [0.05, 0.1) is 11.6 Å². The van der Waals surface area contributed by atoms with Gasteiger partial charge >= 0.3 is 0 Å². The van der Waals surface area contributed by atoms with Crippen LogP contribution in [-0.4, -0.2) is 54.4 Å². The number of rotatable bonds is 7. The molecular formula is C17H26N4O2S. The van der Waals surface area contributed by atoms with Crippen molar-refractivity contribution in [3.63, 3.8) is 0 Å². The molecule has 6 nitrogen and oxygen atoms in total. The van der Waals surface area contributed by atoms with Crippen molar-refractivity contribution in [1.29, 1.82) is 0 Å². The van der Waals surface area contributed by atoms with Gasteiger partial charge in [0.15, 0.2) is 0 Å². The molecule has 0 aromatic carbocycles. The highest BCUT2D eigenvalue weighted by atomic mass is 32.1. The maximum absolute atomic E-state index is 12.5. The van der Waals surface area contributed by atoms with Crippen LogP contribution >= 0.6 is 11.3 Å². The van der Waals surface area contributed by atoms with Gasteiger partial charge in [-0.25, -0.2) is 4.98 Å². The standard InChI is InChI=1S/C17H26N4O2S/c1-3-4-16-19-14(10-24-16)17(23)20-13-8-21(9-15(22)18-2)7-12(13)11-5-6-11/h10-13H,3-9H2,1-2H3,(H,18,22)(H,20,23)/t12-,13+/m0/s1. The van der Waals surface area contributed by atoms with E-state index in [4.69, 9.17) is 0 Å². The average Bonchev–Trinajstić information content (AvgIpc) is 3.17. The molecule has 7 heteroatoms. The first kappa shape index (κ1) is 17.4. The first-order valence-electron chi connectivity index (χ1n) is 8.79. The Bertz CT molecular complexity index is 599. The third kappa shape index (κ3) is 4.13. The number of amides is 2. The molecule has 0 spiro atoms. The van der Waals surface area contributed by atoms with Crippen LogP contribution in [0.1, 0.15) is 41.7 Å². The largest absolute Gasteiger partial charge is 0.358 e. The molecule has 0 bridgehead atoms. The fourth-order valence-corrected chi connectivity index (χ4v) is 4.35. The SMILES string of the molecule is CCCc1nc(C(=O)N[C@@H]2CN(CC(=O)NC)C[C@H]2C2CC2)cs1. The first-order chi connectivity index (χ1) is 11.6. The van der Waals surface area contributed by atoms with Crippen LogP contribution in [0.3, 0.4) is 0 Å². The quantitative estimate of drug-likeness (QED) is 0.777. The molecule has 2 fully saturated rings. The highest BCUT2D eigenvalue weighted by Gasteiger charge is 2.43. The summed E-state index contributed by atoms with van der Waals surface area (Å²) in [5.41, 5.74) is 0.530. The normalized spacial score (nSPS) is 24.1. The highest BCUT2D eigenvalue weighted by Crippen LogP contribution is 2.41. The molecule has 0 radical (unpaired) electrons. The molecule has 1 aromatic rings. The van der Waals surface area contributed by atoms with Crippen LogP contribution in [0.25, 0.3) is 0 Å². The molecule has 0 unspecified atom stereocenters. The van der Waals surface area contributed by atoms with Crippen molar-refractivity contribution in [2.24, 2.45) is 11.8 Å². The summed E-state index contributed by atoms with van der Waals surface area (Å²) in [6.07, 6.45) is 4.44. The Morgan fingerprint density at radius 3 is 2.83 bits per heavy atom. The summed E-state index contributed by atoms with van der Waals surface area (Å²) < 4.78 is 0. The van der Waals surface area contributed by atoms with E-state index in [2.05, 4.69) is 27.4 Å². The summed E-state index contributed by atoms with van der Waals surface area (Å²) in [6, 6.07) is 0.117. The van der Waals surface area contributed by atoms with Crippen molar-refractivity contribution in [2.45, 2.75) is 38.6 Å². The molecular weight excluding hydrogens is 324 g/mol. The zero-order valence-electron chi connectivity index (χ0n) is 14.4. The molecule has 1 aliphatic carbocycles. The third-order valence-electron chi connectivity index (χ3n) is 4.88. The fourth-order valence-electron chi connectivity index (χ4n) is 3.47. The number of aromatic nitrogens is 1. The topological polar surface area (TPSA) is 74.3 Å². The Hall–Kier alpha value is -1.47. The molecule has 132 valence electrons. The Labute approximate surface area is 147 Å². The minimum atomic E-state index is -0.0777. The lowest BCUT2D eigenvalue weighted by Crippen LogP contribution is -2.42. The predicted molar refractivity (Wildman–Crippen MR) is 94.1 cm³/mol. The smallest absolute Gasteiger partial charge is 0.271 e. The number of likely N-dealkylation sites (N-methyl/N-ethyl adjacent to an activating group) is 1. The van der Waals surface area contributed by atoms with Gasteiger partial charge < -0.3 is 10.6 Å². The first-order valence-corrected chi connectivity index (χ1v) is 9.66. The maximum atomic E-state index is 12.5.